The molecule has 0 spiro atoms. The molecule has 1 saturated heterocycles. The second-order valence-corrected chi connectivity index (χ2v) is 9.42. The number of aryl methyl sites for hydroxylation is 1. The fourth-order valence-electron chi connectivity index (χ4n) is 4.59. The molecule has 0 saturated carbocycles. The lowest BCUT2D eigenvalue weighted by molar-refractivity contribution is -0.138. The number of carbonyl (C=O) groups is 1. The summed E-state index contributed by atoms with van der Waals surface area (Å²) in [5.74, 6) is 0.654. The van der Waals surface area contributed by atoms with E-state index in [2.05, 4.69) is 21.4 Å². The van der Waals surface area contributed by atoms with Crippen molar-refractivity contribution in [1.82, 2.24) is 19.4 Å². The smallest absolute Gasteiger partial charge is 0.337 e. The molecule has 2 aliphatic rings. The molecule has 5 nitrogen and oxygen atoms in total. The zero-order valence-corrected chi connectivity index (χ0v) is 18.4. The van der Waals surface area contributed by atoms with Gasteiger partial charge < -0.3 is 4.90 Å². The van der Waals surface area contributed by atoms with Crippen molar-refractivity contribution in [2.75, 3.05) is 25.4 Å². The molecule has 4 rings (SSSR count). The number of amides is 1. The van der Waals surface area contributed by atoms with Gasteiger partial charge in [-0.3, -0.25) is 9.89 Å². The lowest BCUT2D eigenvalue weighted by atomic mass is 9.86. The van der Waals surface area contributed by atoms with Crippen LogP contribution in [0.3, 0.4) is 0 Å². The molecule has 0 aliphatic carbocycles. The number of aromatic amines is 1. The summed E-state index contributed by atoms with van der Waals surface area (Å²) < 4.78 is 42.5. The first-order chi connectivity index (χ1) is 14.9. The first-order valence-corrected chi connectivity index (χ1v) is 11.7. The van der Waals surface area contributed by atoms with Gasteiger partial charge in [0, 0.05) is 43.2 Å². The molecule has 1 amide bonds. The summed E-state index contributed by atoms with van der Waals surface area (Å²) in [5.41, 5.74) is 2.23. The van der Waals surface area contributed by atoms with Crippen LogP contribution in [0.25, 0.3) is 0 Å². The highest BCUT2D eigenvalue weighted by atomic mass is 32.2. The van der Waals surface area contributed by atoms with Crippen LogP contribution in [0.5, 0.6) is 0 Å². The van der Waals surface area contributed by atoms with Crippen molar-refractivity contribution in [2.24, 2.45) is 0 Å². The van der Waals surface area contributed by atoms with E-state index in [0.29, 0.717) is 43.7 Å². The molecule has 0 atom stereocenters. The van der Waals surface area contributed by atoms with Gasteiger partial charge in [0.15, 0.2) is 5.69 Å². The first-order valence-electron chi connectivity index (χ1n) is 10.8. The van der Waals surface area contributed by atoms with Crippen LogP contribution >= 0.6 is 11.9 Å². The largest absolute Gasteiger partial charge is 0.416 e. The minimum atomic E-state index is -4.36. The molecule has 9 heteroatoms. The lowest BCUT2D eigenvalue weighted by Gasteiger charge is -2.33. The topological polar surface area (TPSA) is 52.2 Å². The van der Waals surface area contributed by atoms with E-state index < -0.39 is 11.7 Å². The van der Waals surface area contributed by atoms with Crippen molar-refractivity contribution in [3.05, 3.63) is 52.3 Å². The third-order valence-corrected chi connectivity index (χ3v) is 7.06. The van der Waals surface area contributed by atoms with E-state index in [9.17, 15) is 18.0 Å². The second-order valence-electron chi connectivity index (χ2n) is 8.07. The lowest BCUT2D eigenvalue weighted by Crippen LogP contribution is -2.39. The number of nitrogens with one attached hydrogen (secondary N) is 1. The highest BCUT2D eigenvalue weighted by Gasteiger charge is 2.36. The molecular weight excluding hydrogens is 425 g/mol. The molecule has 2 aromatic rings. The van der Waals surface area contributed by atoms with Crippen molar-refractivity contribution in [3.63, 3.8) is 0 Å². The van der Waals surface area contributed by atoms with Crippen LogP contribution in [0.2, 0.25) is 0 Å². The zero-order chi connectivity index (χ0) is 22.0. The normalized spacial score (nSPS) is 18.6. The van der Waals surface area contributed by atoms with Crippen LogP contribution in [0, 0.1) is 0 Å². The molecule has 168 valence electrons. The Labute approximate surface area is 184 Å². The highest BCUT2D eigenvalue weighted by molar-refractivity contribution is 7.96. The number of piperidine rings is 1. The Morgan fingerprint density at radius 3 is 2.68 bits per heavy atom. The molecule has 1 aromatic heterocycles. The Morgan fingerprint density at radius 2 is 1.97 bits per heavy atom. The Morgan fingerprint density at radius 1 is 1.23 bits per heavy atom. The monoisotopic (exact) mass is 452 g/mol. The van der Waals surface area contributed by atoms with Gasteiger partial charge in [-0.2, -0.15) is 18.3 Å². The number of benzene rings is 1. The number of fused-ring (bicyclic) bond motifs is 1. The second kappa shape index (κ2) is 9.24. The fourth-order valence-corrected chi connectivity index (χ4v) is 5.43. The average molecular weight is 453 g/mol. The molecule has 0 unspecified atom stereocenters. The van der Waals surface area contributed by atoms with E-state index in [1.165, 1.54) is 6.07 Å². The quantitative estimate of drug-likeness (QED) is 0.673. The number of aromatic nitrogens is 2. The molecule has 3 heterocycles. The maximum absolute atomic E-state index is 13.4. The first kappa shape index (κ1) is 22.2. The van der Waals surface area contributed by atoms with Crippen molar-refractivity contribution in [3.8, 4) is 0 Å². The summed E-state index contributed by atoms with van der Waals surface area (Å²) in [5, 5.41) is 7.38. The molecule has 31 heavy (non-hydrogen) atoms. The van der Waals surface area contributed by atoms with Crippen LogP contribution in [-0.2, 0) is 19.1 Å². The van der Waals surface area contributed by atoms with E-state index >= 15 is 0 Å². The minimum Gasteiger partial charge on any atom is -0.337 e. The minimum absolute atomic E-state index is 0.122. The van der Waals surface area contributed by atoms with Crippen LogP contribution in [0.1, 0.15) is 65.0 Å². The number of likely N-dealkylation sites (tertiary alicyclic amines) is 1. The Balaban J connectivity index is 1.46. The molecular formula is C22H27F3N4OS. The highest BCUT2D eigenvalue weighted by Crippen LogP contribution is 2.39. The van der Waals surface area contributed by atoms with Crippen LogP contribution in [-0.4, -0.2) is 50.7 Å². The predicted molar refractivity (Wildman–Crippen MR) is 115 cm³/mol. The van der Waals surface area contributed by atoms with Gasteiger partial charge in [0.1, 0.15) is 0 Å². The number of hydrogen-bond acceptors (Lipinski definition) is 4. The van der Waals surface area contributed by atoms with Crippen molar-refractivity contribution in [1.29, 1.82) is 0 Å². The van der Waals surface area contributed by atoms with E-state index in [-0.39, 0.29) is 11.8 Å². The number of nitrogens with zero attached hydrogens (tertiary/aromatic N) is 3. The number of H-pyrrole nitrogens is 1. The van der Waals surface area contributed by atoms with Crippen molar-refractivity contribution >= 4 is 17.9 Å². The van der Waals surface area contributed by atoms with Gasteiger partial charge in [-0.1, -0.05) is 37.1 Å². The molecule has 2 aliphatic heterocycles. The summed E-state index contributed by atoms with van der Waals surface area (Å²) in [6.07, 6.45) is -1.45. The van der Waals surface area contributed by atoms with Crippen molar-refractivity contribution in [2.45, 2.75) is 51.2 Å². The van der Waals surface area contributed by atoms with Gasteiger partial charge in [-0.05, 0) is 43.2 Å². The Kier molecular flexibility index (Phi) is 6.62. The number of carbonyl (C=O) groups excluding carboxylic acids is 1. The number of rotatable bonds is 4. The SMILES string of the molecule is CCSN1CCCc2[nH]nc(C(=O)N3CCC(c4ccccc4C(F)(F)F)CC3)c2C1. The predicted octanol–water partition coefficient (Wildman–Crippen LogP) is 4.86. The maximum atomic E-state index is 13.4. The molecule has 0 bridgehead atoms. The maximum Gasteiger partial charge on any atom is 0.416 e. The standard InChI is InChI=1S/C22H27F3N4OS/c1-2-31-29-11-5-8-19-17(14-29)20(27-26-19)21(30)28-12-9-15(10-13-28)16-6-3-4-7-18(16)22(23,24)25/h3-4,6-7,15H,2,5,8-14H2,1H3,(H,26,27). The van der Waals surface area contributed by atoms with Gasteiger partial charge in [0.25, 0.3) is 5.91 Å². The van der Waals surface area contributed by atoms with E-state index in [1.54, 1.807) is 29.0 Å². The Bertz CT molecular complexity index is 922. The summed E-state index contributed by atoms with van der Waals surface area (Å²) in [6, 6.07) is 5.79. The van der Waals surface area contributed by atoms with Crippen molar-refractivity contribution < 1.29 is 18.0 Å². The van der Waals surface area contributed by atoms with Gasteiger partial charge in [-0.25, -0.2) is 4.31 Å². The third-order valence-electron chi connectivity index (χ3n) is 6.12. The molecule has 1 aromatic carbocycles. The molecule has 0 radical (unpaired) electrons. The number of hydrogen-bond donors (Lipinski definition) is 1. The van der Waals surface area contributed by atoms with E-state index in [0.717, 1.165) is 42.5 Å². The summed E-state index contributed by atoms with van der Waals surface area (Å²) in [6.45, 7) is 4.63. The van der Waals surface area contributed by atoms with E-state index in [1.807, 2.05) is 0 Å². The summed E-state index contributed by atoms with van der Waals surface area (Å²) >= 11 is 1.76. The number of halogens is 3. The number of alkyl halides is 3. The zero-order valence-electron chi connectivity index (χ0n) is 17.5. The van der Waals surface area contributed by atoms with Gasteiger partial charge in [0.2, 0.25) is 0 Å². The molecule has 1 N–H and O–H groups in total. The van der Waals surface area contributed by atoms with E-state index in [4.69, 9.17) is 0 Å². The van der Waals surface area contributed by atoms with Crippen LogP contribution < -0.4 is 0 Å². The summed E-state index contributed by atoms with van der Waals surface area (Å²) in [7, 11) is 0. The fraction of sp³-hybridized carbons (Fsp3) is 0.545. The van der Waals surface area contributed by atoms with Gasteiger partial charge in [-0.15, -0.1) is 0 Å². The summed E-state index contributed by atoms with van der Waals surface area (Å²) in [4.78, 5) is 15.0. The van der Waals surface area contributed by atoms with Gasteiger partial charge >= 0.3 is 6.18 Å². The third kappa shape index (κ3) is 4.77. The van der Waals surface area contributed by atoms with Crippen LogP contribution in [0.15, 0.2) is 24.3 Å². The van der Waals surface area contributed by atoms with Gasteiger partial charge in [0.05, 0.1) is 5.56 Å². The van der Waals surface area contributed by atoms with Crippen LogP contribution in [0.4, 0.5) is 13.2 Å². The molecule has 1 fully saturated rings. The Hall–Kier alpha value is -2.00. The average Bonchev–Trinajstić information content (AvgIpc) is 3.04.